The Morgan fingerprint density at radius 1 is 1.20 bits per heavy atom. The molecule has 3 fully saturated rings. The van der Waals surface area contributed by atoms with Crippen molar-refractivity contribution in [3.8, 4) is 0 Å². The molecule has 5 heteroatoms. The summed E-state index contributed by atoms with van der Waals surface area (Å²) >= 11 is 0. The lowest BCUT2D eigenvalue weighted by atomic mass is 10.1. The van der Waals surface area contributed by atoms with E-state index in [4.69, 9.17) is 0 Å². The van der Waals surface area contributed by atoms with Crippen LogP contribution in [-0.2, 0) is 0 Å². The van der Waals surface area contributed by atoms with E-state index in [2.05, 4.69) is 0 Å². The van der Waals surface area contributed by atoms with Crippen molar-refractivity contribution in [2.24, 2.45) is 11.3 Å². The third-order valence-corrected chi connectivity index (χ3v) is 4.08. The van der Waals surface area contributed by atoms with E-state index in [1.165, 1.54) is 0 Å². The highest BCUT2D eigenvalue weighted by molar-refractivity contribution is 5.15. The molecule has 2 unspecified atom stereocenters. The zero-order valence-corrected chi connectivity index (χ0v) is 8.28. The maximum absolute atomic E-state index is 13.0. The second kappa shape index (κ2) is 2.50. The maximum atomic E-state index is 13.0. The molecule has 2 saturated carbocycles. The number of halogens is 4. The molecule has 1 nitrogen and oxygen atoms in total. The Morgan fingerprint density at radius 3 is 2.20 bits per heavy atom. The van der Waals surface area contributed by atoms with E-state index in [1.54, 1.807) is 4.90 Å². The van der Waals surface area contributed by atoms with Crippen LogP contribution < -0.4 is 0 Å². The Balaban J connectivity index is 1.55. The Kier molecular flexibility index (Phi) is 1.64. The minimum absolute atomic E-state index is 0.0441. The maximum Gasteiger partial charge on any atom is 0.255 e. The summed E-state index contributed by atoms with van der Waals surface area (Å²) in [6.45, 7) is 1.17. The average molecular weight is 223 g/mol. The second-order valence-corrected chi connectivity index (χ2v) is 5.31. The molecule has 0 aromatic rings. The van der Waals surface area contributed by atoms with Crippen molar-refractivity contribution < 1.29 is 17.6 Å². The van der Waals surface area contributed by atoms with Crippen LogP contribution in [0, 0.1) is 11.3 Å². The number of nitrogens with zero attached hydrogens (tertiary/aromatic N) is 1. The Labute approximate surface area is 85.4 Å². The lowest BCUT2D eigenvalue weighted by Crippen LogP contribution is -2.26. The van der Waals surface area contributed by atoms with Crippen LogP contribution in [0.4, 0.5) is 17.6 Å². The first kappa shape index (κ1) is 9.87. The second-order valence-electron chi connectivity index (χ2n) is 5.31. The van der Waals surface area contributed by atoms with Gasteiger partial charge in [-0.05, 0) is 13.0 Å². The zero-order valence-electron chi connectivity index (χ0n) is 8.28. The largest absolute Gasteiger partial charge is 0.302 e. The number of hydrogen-bond acceptors (Lipinski definition) is 1. The molecular weight excluding hydrogens is 210 g/mol. The van der Waals surface area contributed by atoms with Crippen LogP contribution in [0.5, 0.6) is 0 Å². The summed E-state index contributed by atoms with van der Waals surface area (Å²) in [5, 5.41) is 0. The van der Waals surface area contributed by atoms with Crippen molar-refractivity contribution >= 4 is 0 Å². The molecule has 0 radical (unpaired) electrons. The summed E-state index contributed by atoms with van der Waals surface area (Å²) in [5.74, 6) is -5.64. The van der Waals surface area contributed by atoms with Gasteiger partial charge in [-0.1, -0.05) is 0 Å². The summed E-state index contributed by atoms with van der Waals surface area (Å²) in [6.07, 6.45) is 0.364. The quantitative estimate of drug-likeness (QED) is 0.650. The van der Waals surface area contributed by atoms with E-state index < -0.39 is 23.2 Å². The first-order valence-electron chi connectivity index (χ1n) is 5.33. The minimum Gasteiger partial charge on any atom is -0.302 e. The van der Waals surface area contributed by atoms with Gasteiger partial charge in [-0.2, -0.15) is 0 Å². The third-order valence-electron chi connectivity index (χ3n) is 4.08. The van der Waals surface area contributed by atoms with E-state index in [9.17, 15) is 17.6 Å². The van der Waals surface area contributed by atoms with Crippen LogP contribution >= 0.6 is 0 Å². The lowest BCUT2D eigenvalue weighted by Gasteiger charge is -2.15. The fraction of sp³-hybridized carbons (Fsp3) is 1.00. The molecule has 86 valence electrons. The molecule has 3 rings (SSSR count). The molecule has 0 N–H and O–H groups in total. The monoisotopic (exact) mass is 223 g/mol. The normalized spacial score (nSPS) is 46.0. The van der Waals surface area contributed by atoms with Crippen molar-refractivity contribution in [1.82, 2.24) is 4.90 Å². The summed E-state index contributed by atoms with van der Waals surface area (Å²) in [4.78, 5) is 1.78. The van der Waals surface area contributed by atoms with Gasteiger partial charge in [0.15, 0.2) is 0 Å². The molecule has 3 aliphatic rings. The van der Waals surface area contributed by atoms with E-state index in [1.807, 2.05) is 0 Å². The zero-order chi connectivity index (χ0) is 10.9. The van der Waals surface area contributed by atoms with Crippen molar-refractivity contribution in [2.75, 3.05) is 19.6 Å². The summed E-state index contributed by atoms with van der Waals surface area (Å²) in [7, 11) is 0. The predicted molar refractivity (Wildman–Crippen MR) is 46.1 cm³/mol. The van der Waals surface area contributed by atoms with Crippen LogP contribution in [0.1, 0.15) is 19.3 Å². The van der Waals surface area contributed by atoms with Crippen LogP contribution in [0.3, 0.4) is 0 Å². The van der Waals surface area contributed by atoms with Gasteiger partial charge in [-0.25, -0.2) is 17.6 Å². The van der Waals surface area contributed by atoms with Gasteiger partial charge in [-0.3, -0.25) is 0 Å². The highest BCUT2D eigenvalue weighted by atomic mass is 19.3. The van der Waals surface area contributed by atoms with Crippen LogP contribution in [0.25, 0.3) is 0 Å². The van der Waals surface area contributed by atoms with Crippen molar-refractivity contribution in [3.63, 3.8) is 0 Å². The molecule has 0 aromatic carbocycles. The molecular formula is C10H13F4N. The SMILES string of the molecule is FC1(F)CC1CN1CCC2(C1)CC2(F)F. The van der Waals surface area contributed by atoms with Gasteiger partial charge >= 0.3 is 0 Å². The molecule has 2 aliphatic carbocycles. The van der Waals surface area contributed by atoms with Gasteiger partial charge in [0.05, 0.1) is 5.41 Å². The third kappa shape index (κ3) is 1.39. The number of likely N-dealkylation sites (tertiary alicyclic amines) is 1. The Hall–Kier alpha value is -0.320. The molecule has 0 aromatic heterocycles. The minimum atomic E-state index is -2.53. The first-order valence-corrected chi connectivity index (χ1v) is 5.33. The highest BCUT2D eigenvalue weighted by Crippen LogP contribution is 2.65. The van der Waals surface area contributed by atoms with E-state index in [-0.39, 0.29) is 12.8 Å². The fourth-order valence-electron chi connectivity index (χ4n) is 2.72. The van der Waals surface area contributed by atoms with Crippen molar-refractivity contribution in [1.29, 1.82) is 0 Å². The van der Waals surface area contributed by atoms with Crippen molar-refractivity contribution in [2.45, 2.75) is 31.1 Å². The van der Waals surface area contributed by atoms with Gasteiger partial charge in [0.25, 0.3) is 11.8 Å². The molecule has 0 bridgehead atoms. The van der Waals surface area contributed by atoms with E-state index in [0.717, 1.165) is 0 Å². The van der Waals surface area contributed by atoms with Crippen LogP contribution in [-0.4, -0.2) is 36.4 Å². The predicted octanol–water partition coefficient (Wildman–Crippen LogP) is 2.37. The molecule has 1 heterocycles. The Morgan fingerprint density at radius 2 is 1.80 bits per heavy atom. The summed E-state index contributed by atoms with van der Waals surface area (Å²) < 4.78 is 51.3. The highest BCUT2D eigenvalue weighted by Gasteiger charge is 2.72. The molecule has 1 saturated heterocycles. The fourth-order valence-corrected chi connectivity index (χ4v) is 2.72. The molecule has 15 heavy (non-hydrogen) atoms. The standard InChI is InChI=1S/C10H13F4N/c11-9(12)3-7(9)4-15-2-1-8(6-15)5-10(8,13)14/h7H,1-6H2. The topological polar surface area (TPSA) is 3.24 Å². The smallest absolute Gasteiger partial charge is 0.255 e. The summed E-state index contributed by atoms with van der Waals surface area (Å²) in [6, 6.07) is 0. The lowest BCUT2D eigenvalue weighted by molar-refractivity contribution is 0.0636. The van der Waals surface area contributed by atoms with E-state index >= 15 is 0 Å². The number of hydrogen-bond donors (Lipinski definition) is 0. The first-order chi connectivity index (χ1) is 6.85. The van der Waals surface area contributed by atoms with Gasteiger partial charge in [0.1, 0.15) is 0 Å². The molecule has 1 aliphatic heterocycles. The number of alkyl halides is 4. The number of rotatable bonds is 2. The van der Waals surface area contributed by atoms with Gasteiger partial charge in [0.2, 0.25) is 0 Å². The van der Waals surface area contributed by atoms with Crippen LogP contribution in [0.2, 0.25) is 0 Å². The van der Waals surface area contributed by atoms with Crippen LogP contribution in [0.15, 0.2) is 0 Å². The van der Waals surface area contributed by atoms with Crippen molar-refractivity contribution in [3.05, 3.63) is 0 Å². The van der Waals surface area contributed by atoms with Gasteiger partial charge in [0, 0.05) is 31.8 Å². The average Bonchev–Trinajstić information content (AvgIpc) is 2.71. The summed E-state index contributed by atoms with van der Waals surface area (Å²) in [5.41, 5.74) is -0.850. The van der Waals surface area contributed by atoms with Gasteiger partial charge in [-0.15, -0.1) is 0 Å². The molecule has 1 spiro atoms. The Bertz CT molecular complexity index is 304. The van der Waals surface area contributed by atoms with Gasteiger partial charge < -0.3 is 4.90 Å². The molecule has 0 amide bonds. The van der Waals surface area contributed by atoms with E-state index in [0.29, 0.717) is 26.1 Å². The molecule has 2 atom stereocenters.